The van der Waals surface area contributed by atoms with Crippen molar-refractivity contribution >= 4 is 35.7 Å². The summed E-state index contributed by atoms with van der Waals surface area (Å²) < 4.78 is 5.43. The molecule has 0 radical (unpaired) electrons. The number of hydrogen-bond acceptors (Lipinski definition) is 4. The average Bonchev–Trinajstić information content (AvgIpc) is 3.05. The minimum atomic E-state index is -0.444. The molecule has 2 aromatic rings. The Morgan fingerprint density at radius 1 is 1.19 bits per heavy atom. The van der Waals surface area contributed by atoms with Crippen LogP contribution in [0.5, 0.6) is 5.75 Å². The first-order valence-corrected chi connectivity index (χ1v) is 8.95. The average molecular weight is 385 g/mol. The Balaban J connectivity index is 1.81. The number of carbonyl (C=O) groups is 1. The van der Waals surface area contributed by atoms with Gasteiger partial charge in [0.15, 0.2) is 0 Å². The Kier molecular flexibility index (Phi) is 5.76. The standard InChI is InChI=1S/C20H21ClN4O2/c1-27-19-10-16(6-7-17(19)15(11-22)12-23)25-9-8-24(20(25)26)13-14-4-2-3-5-18(14)21/h2-7,10-12,15,22-23H,8-9,13H2,1H3. The lowest BCUT2D eigenvalue weighted by molar-refractivity contribution is 0.219. The number of ether oxygens (including phenoxy) is 1. The Labute approximate surface area is 163 Å². The van der Waals surface area contributed by atoms with Crippen LogP contribution >= 0.6 is 11.6 Å². The van der Waals surface area contributed by atoms with Crippen molar-refractivity contribution in [2.24, 2.45) is 0 Å². The zero-order chi connectivity index (χ0) is 19.4. The molecule has 2 aromatic carbocycles. The van der Waals surface area contributed by atoms with E-state index < -0.39 is 5.92 Å². The summed E-state index contributed by atoms with van der Waals surface area (Å²) in [4.78, 5) is 16.3. The summed E-state index contributed by atoms with van der Waals surface area (Å²) >= 11 is 6.21. The van der Waals surface area contributed by atoms with Gasteiger partial charge in [-0.15, -0.1) is 0 Å². The monoisotopic (exact) mass is 384 g/mol. The van der Waals surface area contributed by atoms with Gasteiger partial charge in [0, 0.05) is 54.4 Å². The smallest absolute Gasteiger partial charge is 0.324 e. The fraction of sp³-hybridized carbons (Fsp3) is 0.250. The van der Waals surface area contributed by atoms with Gasteiger partial charge in [-0.1, -0.05) is 35.9 Å². The highest BCUT2D eigenvalue weighted by Gasteiger charge is 2.30. The molecule has 0 spiro atoms. The van der Waals surface area contributed by atoms with E-state index in [2.05, 4.69) is 0 Å². The number of hydrogen-bond donors (Lipinski definition) is 2. The minimum Gasteiger partial charge on any atom is -0.496 e. The van der Waals surface area contributed by atoms with Gasteiger partial charge < -0.3 is 20.5 Å². The van der Waals surface area contributed by atoms with Crippen molar-refractivity contribution in [3.63, 3.8) is 0 Å². The molecule has 0 aromatic heterocycles. The third-order valence-corrected chi connectivity index (χ3v) is 5.03. The largest absolute Gasteiger partial charge is 0.496 e. The van der Waals surface area contributed by atoms with Crippen LogP contribution < -0.4 is 9.64 Å². The number of benzene rings is 2. The highest BCUT2D eigenvalue weighted by Crippen LogP contribution is 2.32. The first-order valence-electron chi connectivity index (χ1n) is 8.58. The van der Waals surface area contributed by atoms with Crippen LogP contribution in [0.15, 0.2) is 42.5 Å². The van der Waals surface area contributed by atoms with E-state index in [0.29, 0.717) is 30.4 Å². The van der Waals surface area contributed by atoms with Crippen LogP contribution in [0, 0.1) is 10.8 Å². The van der Waals surface area contributed by atoms with Crippen LogP contribution in [0.2, 0.25) is 5.02 Å². The van der Waals surface area contributed by atoms with Crippen molar-refractivity contribution in [3.05, 3.63) is 58.6 Å². The van der Waals surface area contributed by atoms with E-state index in [-0.39, 0.29) is 6.03 Å². The lowest BCUT2D eigenvalue weighted by atomic mass is 10.00. The van der Waals surface area contributed by atoms with E-state index in [1.54, 1.807) is 29.0 Å². The van der Waals surface area contributed by atoms with Gasteiger partial charge in [0.25, 0.3) is 0 Å². The lowest BCUT2D eigenvalue weighted by Crippen LogP contribution is -2.31. The van der Waals surface area contributed by atoms with Crippen LogP contribution in [-0.2, 0) is 6.54 Å². The molecule has 2 amide bonds. The molecule has 1 aliphatic heterocycles. The van der Waals surface area contributed by atoms with Crippen molar-refractivity contribution in [2.45, 2.75) is 12.5 Å². The molecule has 1 fully saturated rings. The minimum absolute atomic E-state index is 0.0830. The van der Waals surface area contributed by atoms with Crippen molar-refractivity contribution in [2.75, 3.05) is 25.1 Å². The zero-order valence-electron chi connectivity index (χ0n) is 15.0. The number of nitrogens with one attached hydrogen (secondary N) is 2. The summed E-state index contributed by atoms with van der Waals surface area (Å²) in [6, 6.07) is 12.9. The van der Waals surface area contributed by atoms with E-state index >= 15 is 0 Å². The molecule has 27 heavy (non-hydrogen) atoms. The third kappa shape index (κ3) is 3.80. The summed E-state index contributed by atoms with van der Waals surface area (Å²) in [6.07, 6.45) is 2.38. The number of urea groups is 1. The molecule has 0 aliphatic carbocycles. The van der Waals surface area contributed by atoms with Crippen molar-refractivity contribution in [1.29, 1.82) is 10.8 Å². The SMILES string of the molecule is COc1cc(N2CCN(Cc3ccccc3Cl)C2=O)ccc1C(C=N)C=N. The van der Waals surface area contributed by atoms with Crippen LogP contribution in [-0.4, -0.2) is 43.6 Å². The van der Waals surface area contributed by atoms with Crippen LogP contribution in [0.25, 0.3) is 0 Å². The maximum Gasteiger partial charge on any atom is 0.324 e. The number of halogens is 1. The second-order valence-electron chi connectivity index (χ2n) is 6.23. The van der Waals surface area contributed by atoms with Gasteiger partial charge in [0.05, 0.1) is 13.0 Å². The van der Waals surface area contributed by atoms with Crippen molar-refractivity contribution in [1.82, 2.24) is 4.90 Å². The highest BCUT2D eigenvalue weighted by molar-refractivity contribution is 6.31. The zero-order valence-corrected chi connectivity index (χ0v) is 15.7. The molecule has 1 aliphatic rings. The predicted octanol–water partition coefficient (Wildman–Crippen LogP) is 4.17. The molecular formula is C20H21ClN4O2. The van der Waals surface area contributed by atoms with E-state index in [4.69, 9.17) is 27.2 Å². The molecule has 0 bridgehead atoms. The second-order valence-corrected chi connectivity index (χ2v) is 6.64. The predicted molar refractivity (Wildman–Crippen MR) is 108 cm³/mol. The summed E-state index contributed by atoms with van der Waals surface area (Å²) in [6.45, 7) is 1.65. The number of nitrogens with zero attached hydrogens (tertiary/aromatic N) is 2. The molecule has 0 saturated carbocycles. The summed E-state index contributed by atoms with van der Waals surface area (Å²) in [5, 5.41) is 15.6. The third-order valence-electron chi connectivity index (χ3n) is 4.66. The quantitative estimate of drug-likeness (QED) is 0.702. The number of rotatable bonds is 7. The van der Waals surface area contributed by atoms with Crippen LogP contribution in [0.1, 0.15) is 17.0 Å². The van der Waals surface area contributed by atoms with Gasteiger partial charge in [0.2, 0.25) is 0 Å². The summed E-state index contributed by atoms with van der Waals surface area (Å²) in [5.41, 5.74) is 2.38. The van der Waals surface area contributed by atoms with Crippen molar-refractivity contribution in [3.8, 4) is 5.75 Å². The first kappa shape index (κ1) is 18.9. The fourth-order valence-corrected chi connectivity index (χ4v) is 3.37. The lowest BCUT2D eigenvalue weighted by Gasteiger charge is -2.21. The number of methoxy groups -OCH3 is 1. The molecule has 0 unspecified atom stereocenters. The van der Waals surface area contributed by atoms with Gasteiger partial charge in [-0.3, -0.25) is 4.90 Å². The Morgan fingerprint density at radius 3 is 2.59 bits per heavy atom. The topological polar surface area (TPSA) is 80.5 Å². The van der Waals surface area contributed by atoms with Gasteiger partial charge in [0.1, 0.15) is 5.75 Å². The van der Waals surface area contributed by atoms with Crippen LogP contribution in [0.4, 0.5) is 10.5 Å². The highest BCUT2D eigenvalue weighted by atomic mass is 35.5. The number of carbonyl (C=O) groups excluding carboxylic acids is 1. The Hall–Kier alpha value is -2.86. The first-order chi connectivity index (χ1) is 13.1. The Morgan fingerprint density at radius 2 is 1.93 bits per heavy atom. The molecule has 140 valence electrons. The summed E-state index contributed by atoms with van der Waals surface area (Å²) in [7, 11) is 1.54. The molecule has 3 rings (SSSR count). The van der Waals surface area contributed by atoms with E-state index in [0.717, 1.165) is 16.8 Å². The molecule has 6 nitrogen and oxygen atoms in total. The molecular weight excluding hydrogens is 364 g/mol. The normalized spacial score (nSPS) is 15.0. The molecule has 2 N–H and O–H groups in total. The van der Waals surface area contributed by atoms with Gasteiger partial charge in [-0.25, -0.2) is 4.79 Å². The molecule has 0 atom stereocenters. The molecule has 1 heterocycles. The van der Waals surface area contributed by atoms with E-state index in [1.165, 1.54) is 12.4 Å². The molecule has 7 heteroatoms. The van der Waals surface area contributed by atoms with Gasteiger partial charge in [-0.05, 0) is 17.7 Å². The second kappa shape index (κ2) is 8.22. The van der Waals surface area contributed by atoms with Crippen molar-refractivity contribution < 1.29 is 9.53 Å². The maximum atomic E-state index is 12.8. The van der Waals surface area contributed by atoms with E-state index in [9.17, 15) is 4.79 Å². The van der Waals surface area contributed by atoms with E-state index in [1.807, 2.05) is 30.3 Å². The number of amides is 2. The fourth-order valence-electron chi connectivity index (χ4n) is 3.17. The Bertz CT molecular complexity index is 863. The molecule has 1 saturated heterocycles. The van der Waals surface area contributed by atoms with Gasteiger partial charge >= 0.3 is 6.03 Å². The maximum absolute atomic E-state index is 12.8. The summed E-state index contributed by atoms with van der Waals surface area (Å²) in [5.74, 6) is 0.113. The van der Waals surface area contributed by atoms with Gasteiger partial charge in [-0.2, -0.15) is 0 Å². The number of anilines is 1. The van der Waals surface area contributed by atoms with Crippen LogP contribution in [0.3, 0.4) is 0 Å².